The van der Waals surface area contributed by atoms with E-state index in [1.165, 1.54) is 12.3 Å². The maximum Gasteiger partial charge on any atom is 0.319 e. The van der Waals surface area contributed by atoms with E-state index in [0.29, 0.717) is 53.7 Å². The average molecular weight is 600 g/mol. The second-order valence-corrected chi connectivity index (χ2v) is 12.7. The van der Waals surface area contributed by atoms with Gasteiger partial charge in [-0.05, 0) is 63.4 Å². The third-order valence-corrected chi connectivity index (χ3v) is 9.73. The first-order valence-electron chi connectivity index (χ1n) is 15.3. The molecule has 0 amide bonds. The van der Waals surface area contributed by atoms with Gasteiger partial charge in [0.15, 0.2) is 5.82 Å². The monoisotopic (exact) mass is 599 g/mol. The van der Waals surface area contributed by atoms with Crippen LogP contribution < -0.4 is 9.64 Å². The molecule has 3 aliphatic heterocycles. The van der Waals surface area contributed by atoms with Crippen molar-refractivity contribution >= 4 is 27.5 Å². The summed E-state index contributed by atoms with van der Waals surface area (Å²) in [5.74, 6) is 1.60. The fraction of sp³-hybridized carbons (Fsp3) is 0.441. The van der Waals surface area contributed by atoms with E-state index in [2.05, 4.69) is 20.8 Å². The Kier molecular flexibility index (Phi) is 7.15. The Bertz CT molecular complexity index is 1810. The highest BCUT2D eigenvalue weighted by Gasteiger charge is 2.49. The van der Waals surface area contributed by atoms with Crippen LogP contribution in [0.15, 0.2) is 36.5 Å². The van der Waals surface area contributed by atoms with Crippen molar-refractivity contribution in [3.05, 3.63) is 53.7 Å². The number of terminal acetylenes is 1. The van der Waals surface area contributed by atoms with E-state index < -0.39 is 17.2 Å². The highest BCUT2D eigenvalue weighted by molar-refractivity contribution is 6.02. The van der Waals surface area contributed by atoms with E-state index in [1.807, 2.05) is 4.90 Å². The van der Waals surface area contributed by atoms with Crippen molar-refractivity contribution in [1.82, 2.24) is 19.9 Å². The van der Waals surface area contributed by atoms with Crippen LogP contribution in [0.2, 0.25) is 0 Å². The topological polar surface area (TPSA) is 94.8 Å². The number of pyridine rings is 1. The molecule has 3 atom stereocenters. The summed E-state index contributed by atoms with van der Waals surface area (Å²) in [5, 5.41) is 22.3. The zero-order valence-electron chi connectivity index (χ0n) is 24.7. The standard InChI is InChI=1S/C34H35F2N5O3/c1-3-23-26(35)10-9-21-7-4-8-24(27(21)23)29-28(36)30-25(17-37-29)31(40-15-5-12-33(2,43)19-40)39-32(38-30)44-20-34-13-6-16-41(34)22(18-42)11-14-34/h1,4,7-10,17,22,42-43H,5-6,11-16,18-20H2,2H3/t22-,33+,34-/m0/s1. The lowest BCUT2D eigenvalue weighted by atomic mass is 9.95. The molecule has 4 aromatic rings. The molecule has 10 heteroatoms. The molecule has 0 bridgehead atoms. The van der Waals surface area contributed by atoms with Crippen LogP contribution in [-0.2, 0) is 0 Å². The molecule has 0 saturated carbocycles. The summed E-state index contributed by atoms with van der Waals surface area (Å²) in [5.41, 5.74) is -0.737. The summed E-state index contributed by atoms with van der Waals surface area (Å²) >= 11 is 0. The number of piperidine rings is 1. The Hall–Kier alpha value is -3.91. The highest BCUT2D eigenvalue weighted by atomic mass is 19.1. The fourth-order valence-corrected chi connectivity index (χ4v) is 7.61. The van der Waals surface area contributed by atoms with Crippen LogP contribution >= 0.6 is 0 Å². The van der Waals surface area contributed by atoms with E-state index in [1.54, 1.807) is 31.2 Å². The van der Waals surface area contributed by atoms with Gasteiger partial charge in [-0.3, -0.25) is 9.88 Å². The number of nitrogens with zero attached hydrogens (tertiary/aromatic N) is 5. The number of anilines is 1. The van der Waals surface area contributed by atoms with Crippen LogP contribution in [0.4, 0.5) is 14.6 Å². The normalized spacial score (nSPS) is 25.5. The van der Waals surface area contributed by atoms with Gasteiger partial charge < -0.3 is 19.8 Å². The van der Waals surface area contributed by atoms with Crippen molar-refractivity contribution in [2.75, 3.05) is 37.7 Å². The second-order valence-electron chi connectivity index (χ2n) is 12.7. The molecule has 3 fully saturated rings. The number of β-amino-alcohol motifs (C(OH)–C–C–N with tert-alkyl or cyclic N) is 1. The van der Waals surface area contributed by atoms with Crippen LogP contribution in [0.25, 0.3) is 32.9 Å². The summed E-state index contributed by atoms with van der Waals surface area (Å²) in [6.07, 6.45) is 12.3. The molecule has 0 spiro atoms. The predicted octanol–water partition coefficient (Wildman–Crippen LogP) is 4.82. The zero-order chi connectivity index (χ0) is 30.6. The van der Waals surface area contributed by atoms with Crippen molar-refractivity contribution in [3.63, 3.8) is 0 Å². The zero-order valence-corrected chi connectivity index (χ0v) is 24.7. The number of hydrogen-bond donors (Lipinski definition) is 2. The van der Waals surface area contributed by atoms with E-state index in [4.69, 9.17) is 16.1 Å². The summed E-state index contributed by atoms with van der Waals surface area (Å²) in [4.78, 5) is 18.1. The van der Waals surface area contributed by atoms with Gasteiger partial charge in [0.05, 0.1) is 28.7 Å². The van der Waals surface area contributed by atoms with E-state index in [9.17, 15) is 14.6 Å². The minimum atomic E-state index is -0.937. The van der Waals surface area contributed by atoms with E-state index in [0.717, 1.165) is 38.6 Å². The molecule has 3 aliphatic rings. The summed E-state index contributed by atoms with van der Waals surface area (Å²) in [7, 11) is 0. The number of aliphatic hydroxyl groups excluding tert-OH is 1. The molecule has 3 saturated heterocycles. The number of benzene rings is 2. The highest BCUT2D eigenvalue weighted by Crippen LogP contribution is 2.43. The largest absolute Gasteiger partial charge is 0.461 e. The van der Waals surface area contributed by atoms with Crippen molar-refractivity contribution in [2.45, 2.75) is 62.6 Å². The minimum Gasteiger partial charge on any atom is -0.461 e. The van der Waals surface area contributed by atoms with Crippen molar-refractivity contribution in [1.29, 1.82) is 0 Å². The van der Waals surface area contributed by atoms with Gasteiger partial charge in [0.1, 0.15) is 29.5 Å². The van der Waals surface area contributed by atoms with E-state index in [-0.39, 0.29) is 41.0 Å². The fourth-order valence-electron chi connectivity index (χ4n) is 7.61. The molecular weight excluding hydrogens is 564 g/mol. The minimum absolute atomic E-state index is 0.00594. The number of halogens is 2. The van der Waals surface area contributed by atoms with Crippen LogP contribution in [0, 0.1) is 24.0 Å². The number of aliphatic hydroxyl groups is 2. The quantitative estimate of drug-likeness (QED) is 0.305. The third kappa shape index (κ3) is 4.74. The third-order valence-electron chi connectivity index (χ3n) is 9.73. The smallest absolute Gasteiger partial charge is 0.319 e. The second kappa shape index (κ2) is 10.9. The Labute approximate surface area is 254 Å². The van der Waals surface area contributed by atoms with Gasteiger partial charge in [0.2, 0.25) is 0 Å². The maximum atomic E-state index is 16.7. The lowest BCUT2D eigenvalue weighted by molar-refractivity contribution is 0.0446. The van der Waals surface area contributed by atoms with Crippen molar-refractivity contribution < 1.29 is 23.7 Å². The lowest BCUT2D eigenvalue weighted by Gasteiger charge is -2.38. The summed E-state index contributed by atoms with van der Waals surface area (Å²) in [6.45, 7) is 4.04. The van der Waals surface area contributed by atoms with Crippen LogP contribution in [0.1, 0.15) is 51.0 Å². The molecule has 2 aromatic heterocycles. The number of fused-ring (bicyclic) bond motifs is 3. The maximum absolute atomic E-state index is 16.7. The number of ether oxygens (including phenoxy) is 1. The number of rotatable bonds is 6. The Balaban J connectivity index is 1.36. The van der Waals surface area contributed by atoms with E-state index >= 15 is 4.39 Å². The molecule has 7 rings (SSSR count). The van der Waals surface area contributed by atoms with Crippen LogP contribution in [-0.4, -0.2) is 80.1 Å². The van der Waals surface area contributed by atoms with Gasteiger partial charge >= 0.3 is 6.01 Å². The summed E-state index contributed by atoms with van der Waals surface area (Å²) in [6, 6.07) is 8.28. The molecule has 0 aliphatic carbocycles. The van der Waals surface area contributed by atoms with Gasteiger partial charge in [-0.1, -0.05) is 30.2 Å². The van der Waals surface area contributed by atoms with Crippen molar-refractivity contribution in [3.8, 4) is 29.6 Å². The Morgan fingerprint density at radius 1 is 1.11 bits per heavy atom. The molecule has 8 nitrogen and oxygen atoms in total. The molecule has 44 heavy (non-hydrogen) atoms. The Morgan fingerprint density at radius 2 is 1.95 bits per heavy atom. The first-order valence-corrected chi connectivity index (χ1v) is 15.3. The molecular formula is C34H35F2N5O3. The van der Waals surface area contributed by atoms with Gasteiger partial charge in [-0.15, -0.1) is 6.42 Å². The summed E-state index contributed by atoms with van der Waals surface area (Å²) < 4.78 is 37.8. The molecule has 2 aromatic carbocycles. The van der Waals surface area contributed by atoms with Crippen molar-refractivity contribution in [2.24, 2.45) is 0 Å². The number of aromatic nitrogens is 3. The molecule has 0 unspecified atom stereocenters. The number of hydrogen-bond acceptors (Lipinski definition) is 8. The van der Waals surface area contributed by atoms with Crippen LogP contribution in [0.3, 0.4) is 0 Å². The SMILES string of the molecule is C#Cc1c(F)ccc2cccc(-c3ncc4c(N5CCC[C@@](C)(O)C5)nc(OC[C@@]56CCCN5[C@H](CO)CC6)nc4c3F)c12. The molecule has 5 heterocycles. The lowest BCUT2D eigenvalue weighted by Crippen LogP contribution is -2.47. The predicted molar refractivity (Wildman–Crippen MR) is 164 cm³/mol. The van der Waals surface area contributed by atoms with Gasteiger partial charge in [-0.25, -0.2) is 8.78 Å². The molecule has 0 radical (unpaired) electrons. The first-order chi connectivity index (χ1) is 21.2. The molecule has 2 N–H and O–H groups in total. The van der Waals surface area contributed by atoms with Gasteiger partial charge in [-0.2, -0.15) is 9.97 Å². The van der Waals surface area contributed by atoms with Gasteiger partial charge in [0, 0.05) is 36.3 Å². The average Bonchev–Trinajstić information content (AvgIpc) is 3.58. The Morgan fingerprint density at radius 3 is 2.75 bits per heavy atom. The van der Waals surface area contributed by atoms with Gasteiger partial charge in [0.25, 0.3) is 0 Å². The first kappa shape index (κ1) is 28.8. The molecule has 228 valence electrons. The van der Waals surface area contributed by atoms with Crippen LogP contribution in [0.5, 0.6) is 6.01 Å².